The zero-order valence-electron chi connectivity index (χ0n) is 13.3. The van der Waals surface area contributed by atoms with E-state index in [4.69, 9.17) is 0 Å². The Hall–Kier alpha value is -1.02. The molecule has 0 amide bonds. The second-order valence-corrected chi connectivity index (χ2v) is 7.13. The van der Waals surface area contributed by atoms with Gasteiger partial charge in [0, 0.05) is 25.3 Å². The summed E-state index contributed by atoms with van der Waals surface area (Å²) in [5.41, 5.74) is 0.976. The molecule has 120 valence electrons. The molecule has 0 fully saturated rings. The monoisotopic (exact) mass is 314 g/mol. The fourth-order valence-electron chi connectivity index (χ4n) is 1.99. The van der Waals surface area contributed by atoms with Gasteiger partial charge in [0.05, 0.1) is 0 Å². The van der Waals surface area contributed by atoms with Crippen molar-refractivity contribution in [3.8, 4) is 0 Å². The van der Waals surface area contributed by atoms with Gasteiger partial charge in [0.15, 0.2) is 5.03 Å². The first-order chi connectivity index (χ1) is 9.85. The van der Waals surface area contributed by atoms with Crippen LogP contribution in [0.1, 0.15) is 25.8 Å². The van der Waals surface area contributed by atoms with Crippen LogP contribution in [0.4, 0.5) is 0 Å². The third-order valence-corrected chi connectivity index (χ3v) is 4.33. The number of nitrogens with one attached hydrogen (secondary N) is 2. The van der Waals surface area contributed by atoms with E-state index in [1.807, 2.05) is 25.9 Å². The van der Waals surface area contributed by atoms with E-state index in [2.05, 4.69) is 21.9 Å². The van der Waals surface area contributed by atoms with Gasteiger partial charge in [0.25, 0.3) is 10.0 Å². The number of aromatic nitrogens is 1. The average Bonchev–Trinajstić information content (AvgIpc) is 2.38. The lowest BCUT2D eigenvalue weighted by Crippen LogP contribution is -2.39. The summed E-state index contributed by atoms with van der Waals surface area (Å²) in [6, 6.07) is 3.17. The van der Waals surface area contributed by atoms with Crippen molar-refractivity contribution in [2.45, 2.75) is 37.9 Å². The van der Waals surface area contributed by atoms with Crippen molar-refractivity contribution in [3.63, 3.8) is 0 Å². The Morgan fingerprint density at radius 3 is 2.57 bits per heavy atom. The highest BCUT2D eigenvalue weighted by Crippen LogP contribution is 2.07. The van der Waals surface area contributed by atoms with Gasteiger partial charge < -0.3 is 10.2 Å². The van der Waals surface area contributed by atoms with E-state index in [0.717, 1.165) is 18.5 Å². The fourth-order valence-corrected chi connectivity index (χ4v) is 3.16. The molecule has 0 aliphatic heterocycles. The van der Waals surface area contributed by atoms with Gasteiger partial charge >= 0.3 is 0 Å². The van der Waals surface area contributed by atoms with Gasteiger partial charge in [-0.25, -0.2) is 18.1 Å². The predicted octanol–water partition coefficient (Wildman–Crippen LogP) is 0.810. The number of rotatable bonds is 9. The Labute approximate surface area is 128 Å². The van der Waals surface area contributed by atoms with E-state index in [1.54, 1.807) is 18.3 Å². The molecule has 21 heavy (non-hydrogen) atoms. The van der Waals surface area contributed by atoms with Crippen LogP contribution in [0.3, 0.4) is 0 Å². The first kappa shape index (κ1) is 18.0. The first-order valence-corrected chi connectivity index (χ1v) is 8.66. The Balaban J connectivity index is 2.66. The molecule has 0 saturated carbocycles. The molecule has 1 heterocycles. The topological polar surface area (TPSA) is 74.3 Å². The minimum atomic E-state index is -3.56. The van der Waals surface area contributed by atoms with Crippen molar-refractivity contribution in [1.82, 2.24) is 19.9 Å². The van der Waals surface area contributed by atoms with Crippen molar-refractivity contribution in [3.05, 3.63) is 23.9 Å². The minimum absolute atomic E-state index is 0.0624. The van der Waals surface area contributed by atoms with Gasteiger partial charge in [-0.2, -0.15) is 0 Å². The summed E-state index contributed by atoms with van der Waals surface area (Å²) in [6.45, 7) is 6.20. The summed E-state index contributed by atoms with van der Waals surface area (Å²) < 4.78 is 27.0. The number of hydrogen-bond acceptors (Lipinski definition) is 5. The van der Waals surface area contributed by atoms with Crippen LogP contribution in [-0.2, 0) is 16.6 Å². The molecule has 1 atom stereocenters. The normalized spacial score (nSPS) is 13.6. The van der Waals surface area contributed by atoms with Crippen LogP contribution in [0.25, 0.3) is 0 Å². The van der Waals surface area contributed by atoms with Crippen LogP contribution in [0.5, 0.6) is 0 Å². The Morgan fingerprint density at radius 2 is 2.05 bits per heavy atom. The summed E-state index contributed by atoms with van der Waals surface area (Å²) in [7, 11) is 0.253. The van der Waals surface area contributed by atoms with E-state index in [1.165, 1.54) is 0 Å². The molecule has 7 heteroatoms. The highest BCUT2D eigenvalue weighted by atomic mass is 32.2. The molecule has 2 N–H and O–H groups in total. The summed E-state index contributed by atoms with van der Waals surface area (Å²) in [5, 5.41) is 3.32. The maximum absolute atomic E-state index is 12.2. The van der Waals surface area contributed by atoms with Gasteiger partial charge in [-0.3, -0.25) is 0 Å². The standard InChI is InChI=1S/C14H26N4O2S/c1-5-8-15-9-13-6-7-14(16-10-13)21(19,20)17-12(2)11-18(3)4/h6-7,10,12,15,17H,5,8-9,11H2,1-4H3. The molecule has 0 radical (unpaired) electrons. The summed E-state index contributed by atoms with van der Waals surface area (Å²) in [6.07, 6.45) is 2.67. The SMILES string of the molecule is CCCNCc1ccc(S(=O)(=O)NC(C)CN(C)C)nc1. The molecular weight excluding hydrogens is 288 g/mol. The molecule has 6 nitrogen and oxygen atoms in total. The molecule has 1 unspecified atom stereocenters. The third-order valence-electron chi connectivity index (χ3n) is 2.82. The lowest BCUT2D eigenvalue weighted by molar-refractivity contribution is 0.370. The van der Waals surface area contributed by atoms with Gasteiger partial charge in [-0.15, -0.1) is 0 Å². The zero-order valence-corrected chi connectivity index (χ0v) is 14.1. The molecule has 1 aromatic rings. The molecule has 0 aromatic carbocycles. The number of hydrogen-bond donors (Lipinski definition) is 2. The molecule has 1 aromatic heterocycles. The minimum Gasteiger partial charge on any atom is -0.313 e. The predicted molar refractivity (Wildman–Crippen MR) is 84.6 cm³/mol. The molecule has 0 aliphatic carbocycles. The van der Waals surface area contributed by atoms with Gasteiger partial charge in [-0.05, 0) is 45.6 Å². The summed E-state index contributed by atoms with van der Waals surface area (Å²) >= 11 is 0. The number of nitrogens with zero attached hydrogens (tertiary/aromatic N) is 2. The highest BCUT2D eigenvalue weighted by Gasteiger charge is 2.18. The highest BCUT2D eigenvalue weighted by molar-refractivity contribution is 7.89. The first-order valence-electron chi connectivity index (χ1n) is 7.18. The van der Waals surface area contributed by atoms with Crippen molar-refractivity contribution < 1.29 is 8.42 Å². The molecule has 0 bridgehead atoms. The second-order valence-electron chi connectivity index (χ2n) is 5.47. The molecular formula is C14H26N4O2S. The van der Waals surface area contributed by atoms with E-state index >= 15 is 0 Å². The maximum atomic E-state index is 12.2. The second kappa shape index (κ2) is 8.43. The fraction of sp³-hybridized carbons (Fsp3) is 0.643. The Bertz CT molecular complexity index is 514. The van der Waals surface area contributed by atoms with Crippen LogP contribution in [0.2, 0.25) is 0 Å². The van der Waals surface area contributed by atoms with E-state index in [0.29, 0.717) is 13.1 Å². The lowest BCUT2D eigenvalue weighted by atomic mass is 10.3. The zero-order chi connectivity index (χ0) is 15.9. The molecule has 0 saturated heterocycles. The molecule has 0 spiro atoms. The van der Waals surface area contributed by atoms with Crippen molar-refractivity contribution in [2.75, 3.05) is 27.2 Å². The van der Waals surface area contributed by atoms with E-state index < -0.39 is 10.0 Å². The Morgan fingerprint density at radius 1 is 1.33 bits per heavy atom. The van der Waals surface area contributed by atoms with Gasteiger partial charge in [0.1, 0.15) is 0 Å². The smallest absolute Gasteiger partial charge is 0.258 e. The maximum Gasteiger partial charge on any atom is 0.258 e. The quantitative estimate of drug-likeness (QED) is 0.660. The molecule has 0 aliphatic rings. The summed E-state index contributed by atoms with van der Waals surface area (Å²) in [5.74, 6) is 0. The van der Waals surface area contributed by atoms with E-state index in [-0.39, 0.29) is 11.1 Å². The van der Waals surface area contributed by atoms with Crippen LogP contribution in [0, 0.1) is 0 Å². The molecule has 1 rings (SSSR count). The van der Waals surface area contributed by atoms with Gasteiger partial charge in [0.2, 0.25) is 0 Å². The van der Waals surface area contributed by atoms with Crippen molar-refractivity contribution in [1.29, 1.82) is 0 Å². The van der Waals surface area contributed by atoms with E-state index in [9.17, 15) is 8.42 Å². The van der Waals surface area contributed by atoms with Crippen molar-refractivity contribution in [2.24, 2.45) is 0 Å². The van der Waals surface area contributed by atoms with Crippen LogP contribution < -0.4 is 10.0 Å². The van der Waals surface area contributed by atoms with Crippen LogP contribution >= 0.6 is 0 Å². The largest absolute Gasteiger partial charge is 0.313 e. The lowest BCUT2D eigenvalue weighted by Gasteiger charge is -2.18. The Kier molecular flexibility index (Phi) is 7.24. The van der Waals surface area contributed by atoms with Crippen LogP contribution in [0.15, 0.2) is 23.4 Å². The van der Waals surface area contributed by atoms with Gasteiger partial charge in [-0.1, -0.05) is 13.0 Å². The van der Waals surface area contributed by atoms with Crippen LogP contribution in [-0.4, -0.2) is 51.5 Å². The van der Waals surface area contributed by atoms with Crippen molar-refractivity contribution >= 4 is 10.0 Å². The number of likely N-dealkylation sites (N-methyl/N-ethyl adjacent to an activating group) is 1. The average molecular weight is 314 g/mol. The third kappa shape index (κ3) is 6.52. The summed E-state index contributed by atoms with van der Waals surface area (Å²) in [4.78, 5) is 5.99. The number of pyridine rings is 1. The number of sulfonamides is 1.